The van der Waals surface area contributed by atoms with Crippen LogP contribution in [0.15, 0.2) is 4.42 Å². The Hall–Kier alpha value is -1.57. The molecule has 100 valence electrons. The van der Waals surface area contributed by atoms with Crippen molar-refractivity contribution in [2.24, 2.45) is 0 Å². The quantitative estimate of drug-likeness (QED) is 0.884. The van der Waals surface area contributed by atoms with E-state index in [9.17, 15) is 18.0 Å². The molecule has 0 radical (unpaired) electrons. The van der Waals surface area contributed by atoms with Gasteiger partial charge in [0, 0.05) is 5.92 Å². The van der Waals surface area contributed by atoms with Gasteiger partial charge >= 0.3 is 12.1 Å². The SMILES string of the molecule is O=C(O)c1oc(COCC(F)(F)F)nc1C1CC1. The molecule has 1 aromatic heterocycles. The number of aromatic carboxylic acids is 1. The van der Waals surface area contributed by atoms with Crippen molar-refractivity contribution in [3.63, 3.8) is 0 Å². The smallest absolute Gasteiger partial charge is 0.411 e. The molecule has 1 fully saturated rings. The molecule has 0 unspecified atom stereocenters. The van der Waals surface area contributed by atoms with Gasteiger partial charge in [-0.15, -0.1) is 0 Å². The predicted octanol–water partition coefficient (Wildman–Crippen LogP) is 2.33. The third-order valence-electron chi connectivity index (χ3n) is 2.35. The summed E-state index contributed by atoms with van der Waals surface area (Å²) in [5.41, 5.74) is 0.299. The number of hydrogen-bond donors (Lipinski definition) is 1. The first kappa shape index (κ1) is 12.9. The maximum atomic E-state index is 11.8. The minimum atomic E-state index is -4.43. The van der Waals surface area contributed by atoms with Crippen LogP contribution in [0.5, 0.6) is 0 Å². The van der Waals surface area contributed by atoms with Gasteiger partial charge in [-0.2, -0.15) is 13.2 Å². The Morgan fingerprint density at radius 1 is 1.50 bits per heavy atom. The molecule has 18 heavy (non-hydrogen) atoms. The van der Waals surface area contributed by atoms with Gasteiger partial charge in [0.25, 0.3) is 0 Å². The molecule has 1 saturated carbocycles. The third kappa shape index (κ3) is 3.22. The number of oxazole rings is 1. The fourth-order valence-corrected chi connectivity index (χ4v) is 1.48. The van der Waals surface area contributed by atoms with E-state index >= 15 is 0 Å². The maximum Gasteiger partial charge on any atom is 0.411 e. The van der Waals surface area contributed by atoms with E-state index in [1.54, 1.807) is 0 Å². The van der Waals surface area contributed by atoms with Gasteiger partial charge in [0.05, 0.1) is 5.69 Å². The van der Waals surface area contributed by atoms with Crippen molar-refractivity contribution >= 4 is 5.97 Å². The number of hydrogen-bond acceptors (Lipinski definition) is 4. The van der Waals surface area contributed by atoms with Crippen LogP contribution in [-0.4, -0.2) is 28.8 Å². The largest absolute Gasteiger partial charge is 0.475 e. The molecule has 1 aromatic rings. The van der Waals surface area contributed by atoms with Crippen LogP contribution in [0.3, 0.4) is 0 Å². The van der Waals surface area contributed by atoms with Crippen LogP contribution < -0.4 is 0 Å². The van der Waals surface area contributed by atoms with Crippen LogP contribution in [0.4, 0.5) is 13.2 Å². The predicted molar refractivity (Wildman–Crippen MR) is 51.1 cm³/mol. The van der Waals surface area contributed by atoms with Crippen LogP contribution >= 0.6 is 0 Å². The summed E-state index contributed by atoms with van der Waals surface area (Å²) < 4.78 is 44.8. The van der Waals surface area contributed by atoms with Crippen LogP contribution in [-0.2, 0) is 11.3 Å². The second-order valence-electron chi connectivity index (χ2n) is 4.01. The van der Waals surface area contributed by atoms with Crippen LogP contribution in [0, 0.1) is 0 Å². The molecule has 1 N–H and O–H groups in total. The Labute approximate surface area is 99.6 Å². The summed E-state index contributed by atoms with van der Waals surface area (Å²) in [5, 5.41) is 8.86. The average molecular weight is 265 g/mol. The number of nitrogens with zero attached hydrogens (tertiary/aromatic N) is 1. The Morgan fingerprint density at radius 3 is 2.67 bits per heavy atom. The van der Waals surface area contributed by atoms with E-state index in [1.807, 2.05) is 0 Å². The summed E-state index contributed by atoms with van der Waals surface area (Å²) in [5.74, 6) is -1.68. The summed E-state index contributed by atoms with van der Waals surface area (Å²) >= 11 is 0. The maximum absolute atomic E-state index is 11.8. The van der Waals surface area contributed by atoms with E-state index in [4.69, 9.17) is 9.52 Å². The van der Waals surface area contributed by atoms with E-state index in [1.165, 1.54) is 0 Å². The molecule has 0 bridgehead atoms. The number of aromatic nitrogens is 1. The zero-order valence-electron chi connectivity index (χ0n) is 9.16. The van der Waals surface area contributed by atoms with Crippen molar-refractivity contribution in [1.82, 2.24) is 4.98 Å². The molecule has 5 nitrogen and oxygen atoms in total. The van der Waals surface area contributed by atoms with Crippen LogP contribution in [0.1, 0.15) is 40.9 Å². The van der Waals surface area contributed by atoms with Gasteiger partial charge in [0.2, 0.25) is 11.7 Å². The first-order valence-electron chi connectivity index (χ1n) is 5.24. The lowest BCUT2D eigenvalue weighted by Crippen LogP contribution is -2.16. The fraction of sp³-hybridized carbons (Fsp3) is 0.600. The zero-order valence-corrected chi connectivity index (χ0v) is 9.16. The number of alkyl halides is 3. The van der Waals surface area contributed by atoms with E-state index in [0.29, 0.717) is 5.69 Å². The molecule has 8 heteroatoms. The molecule has 1 aliphatic carbocycles. The number of ether oxygens (including phenoxy) is 1. The van der Waals surface area contributed by atoms with Gasteiger partial charge in [-0.05, 0) is 12.8 Å². The van der Waals surface area contributed by atoms with E-state index < -0.39 is 25.4 Å². The lowest BCUT2D eigenvalue weighted by atomic mass is 10.2. The third-order valence-corrected chi connectivity index (χ3v) is 2.35. The fourth-order valence-electron chi connectivity index (χ4n) is 1.48. The molecule has 1 heterocycles. The van der Waals surface area contributed by atoms with Gasteiger partial charge in [0.15, 0.2) is 0 Å². The molecule has 0 saturated heterocycles. The molecule has 0 amide bonds. The van der Waals surface area contributed by atoms with E-state index in [2.05, 4.69) is 9.72 Å². The highest BCUT2D eigenvalue weighted by atomic mass is 19.4. The summed E-state index contributed by atoms with van der Waals surface area (Å²) in [6.45, 7) is -1.91. The monoisotopic (exact) mass is 265 g/mol. The molecule has 0 aromatic carbocycles. The molecular formula is C10H10F3NO4. The van der Waals surface area contributed by atoms with Gasteiger partial charge in [0.1, 0.15) is 13.2 Å². The molecule has 1 aliphatic rings. The Kier molecular flexibility index (Phi) is 3.29. The Bertz CT molecular complexity index is 450. The molecule has 0 atom stereocenters. The topological polar surface area (TPSA) is 72.6 Å². The molecule has 0 spiro atoms. The van der Waals surface area contributed by atoms with Gasteiger partial charge in [-0.25, -0.2) is 9.78 Å². The standard InChI is InChI=1S/C10H10F3NO4/c11-10(12,13)4-17-3-6-14-7(5-1-2-5)8(18-6)9(15)16/h5H,1-4H2,(H,15,16). The Morgan fingerprint density at radius 2 is 2.17 bits per heavy atom. The van der Waals surface area contributed by atoms with Crippen molar-refractivity contribution < 1.29 is 32.2 Å². The van der Waals surface area contributed by atoms with Crippen LogP contribution in [0.25, 0.3) is 0 Å². The van der Waals surface area contributed by atoms with Gasteiger partial charge < -0.3 is 14.3 Å². The normalized spacial score (nSPS) is 15.9. The number of carbonyl (C=O) groups is 1. The second-order valence-corrected chi connectivity index (χ2v) is 4.01. The lowest BCUT2D eigenvalue weighted by molar-refractivity contribution is -0.177. The zero-order chi connectivity index (χ0) is 13.3. The van der Waals surface area contributed by atoms with Crippen molar-refractivity contribution in [3.8, 4) is 0 Å². The van der Waals surface area contributed by atoms with Crippen LogP contribution in [0.2, 0.25) is 0 Å². The molecule has 2 rings (SSSR count). The summed E-state index contributed by atoms with van der Waals surface area (Å²) in [7, 11) is 0. The van der Waals surface area contributed by atoms with Gasteiger partial charge in [-0.1, -0.05) is 0 Å². The van der Waals surface area contributed by atoms with Crippen molar-refractivity contribution in [2.45, 2.75) is 31.5 Å². The molecular weight excluding hydrogens is 255 g/mol. The van der Waals surface area contributed by atoms with Gasteiger partial charge in [-0.3, -0.25) is 0 Å². The summed E-state index contributed by atoms with van der Waals surface area (Å²) in [6.07, 6.45) is -2.80. The average Bonchev–Trinajstić information content (AvgIpc) is 2.98. The van der Waals surface area contributed by atoms with Crippen molar-refractivity contribution in [3.05, 3.63) is 17.3 Å². The number of halogens is 3. The highest BCUT2D eigenvalue weighted by molar-refractivity contribution is 5.85. The van der Waals surface area contributed by atoms with Crippen molar-refractivity contribution in [1.29, 1.82) is 0 Å². The first-order valence-corrected chi connectivity index (χ1v) is 5.24. The first-order chi connectivity index (χ1) is 8.37. The number of carboxylic acids is 1. The molecule has 0 aliphatic heterocycles. The number of carboxylic acid groups (broad SMARTS) is 1. The van der Waals surface area contributed by atoms with Crippen molar-refractivity contribution in [2.75, 3.05) is 6.61 Å². The van der Waals surface area contributed by atoms with E-state index in [0.717, 1.165) is 12.8 Å². The lowest BCUT2D eigenvalue weighted by Gasteiger charge is -2.04. The summed E-state index contributed by atoms with van der Waals surface area (Å²) in [6, 6.07) is 0. The minimum absolute atomic E-state index is 0.0382. The van der Waals surface area contributed by atoms with E-state index in [-0.39, 0.29) is 17.6 Å². The summed E-state index contributed by atoms with van der Waals surface area (Å²) in [4.78, 5) is 14.7. The highest BCUT2D eigenvalue weighted by Gasteiger charge is 2.34. The minimum Gasteiger partial charge on any atom is -0.475 e. The second kappa shape index (κ2) is 4.60. The Balaban J connectivity index is 2.01. The number of rotatable bonds is 5. The highest BCUT2D eigenvalue weighted by Crippen LogP contribution is 2.41.